The van der Waals surface area contributed by atoms with E-state index in [9.17, 15) is 9.90 Å². The van der Waals surface area contributed by atoms with Gasteiger partial charge in [-0.05, 0) is 62.0 Å². The molecule has 6 heteroatoms. The number of likely N-dealkylation sites (tertiary alicyclic amines) is 1. The number of ether oxygens (including phenoxy) is 1. The van der Waals surface area contributed by atoms with E-state index in [2.05, 4.69) is 30.1 Å². The van der Waals surface area contributed by atoms with Crippen LogP contribution in [0, 0.1) is 5.92 Å². The molecule has 2 bridgehead atoms. The number of carboxylic acids is 1. The summed E-state index contributed by atoms with van der Waals surface area (Å²) in [6.07, 6.45) is 6.31. The molecule has 2 aliphatic carbocycles. The summed E-state index contributed by atoms with van der Waals surface area (Å²) in [4.78, 5) is 13.8. The first-order valence-electron chi connectivity index (χ1n) is 9.96. The van der Waals surface area contributed by atoms with Gasteiger partial charge in [0.15, 0.2) is 0 Å². The van der Waals surface area contributed by atoms with Crippen molar-refractivity contribution >= 4 is 17.7 Å². The normalized spacial score (nSPS) is 33.7. The van der Waals surface area contributed by atoms with E-state index in [0.29, 0.717) is 17.7 Å². The predicted octanol–water partition coefficient (Wildman–Crippen LogP) is 3.03. The maximum absolute atomic E-state index is 11.2. The summed E-state index contributed by atoms with van der Waals surface area (Å²) < 4.78 is 5.57. The molecule has 0 spiro atoms. The molecule has 1 aromatic carbocycles. The number of fused-ring (bicyclic) bond motifs is 1. The van der Waals surface area contributed by atoms with Crippen LogP contribution in [-0.4, -0.2) is 54.5 Å². The highest BCUT2D eigenvalue weighted by Crippen LogP contribution is 2.61. The molecule has 2 fully saturated rings. The van der Waals surface area contributed by atoms with Crippen LogP contribution in [0.5, 0.6) is 5.75 Å². The Bertz CT molecular complexity index is 727. The molecule has 27 heavy (non-hydrogen) atoms. The van der Waals surface area contributed by atoms with Gasteiger partial charge < -0.3 is 20.5 Å². The summed E-state index contributed by atoms with van der Waals surface area (Å²) >= 11 is 1.73. The summed E-state index contributed by atoms with van der Waals surface area (Å²) in [6.45, 7) is 1.10. The first-order chi connectivity index (χ1) is 13.0. The zero-order chi connectivity index (χ0) is 19.2. The van der Waals surface area contributed by atoms with Gasteiger partial charge in [0.05, 0.1) is 7.11 Å². The lowest BCUT2D eigenvalue weighted by Crippen LogP contribution is -2.61. The molecule has 1 heterocycles. The zero-order valence-electron chi connectivity index (χ0n) is 16.2. The van der Waals surface area contributed by atoms with E-state index in [-0.39, 0.29) is 10.7 Å². The second-order valence-corrected chi connectivity index (χ2v) is 9.56. The Labute approximate surface area is 165 Å². The van der Waals surface area contributed by atoms with E-state index in [1.807, 2.05) is 0 Å². The van der Waals surface area contributed by atoms with E-state index in [1.54, 1.807) is 18.9 Å². The Balaban J connectivity index is 1.78. The first-order valence-corrected chi connectivity index (χ1v) is 11.0. The third kappa shape index (κ3) is 3.06. The van der Waals surface area contributed by atoms with Crippen molar-refractivity contribution in [3.63, 3.8) is 0 Å². The number of carboxylic acid groups (broad SMARTS) is 1. The number of likely N-dealkylation sites (N-methyl/N-ethyl adjacent to an activating group) is 1. The van der Waals surface area contributed by atoms with E-state index >= 15 is 0 Å². The van der Waals surface area contributed by atoms with Gasteiger partial charge in [-0.2, -0.15) is 0 Å². The lowest BCUT2D eigenvalue weighted by molar-refractivity contribution is -0.137. The van der Waals surface area contributed by atoms with Crippen LogP contribution in [0.15, 0.2) is 18.2 Å². The van der Waals surface area contributed by atoms with Gasteiger partial charge in [0.25, 0.3) is 0 Å². The average Bonchev–Trinajstić information content (AvgIpc) is 2.69. The lowest BCUT2D eigenvalue weighted by atomic mass is 9.52. The fraction of sp³-hybridized carbons (Fsp3) is 0.667. The van der Waals surface area contributed by atoms with Crippen molar-refractivity contribution in [3.05, 3.63) is 29.3 Å². The molecular formula is C21H30N2O3S. The number of nitrogens with zero attached hydrogens (tertiary/aromatic N) is 1. The fourth-order valence-corrected chi connectivity index (χ4v) is 7.35. The molecule has 3 aliphatic rings. The minimum absolute atomic E-state index is 0.255. The average molecular weight is 391 g/mol. The van der Waals surface area contributed by atoms with Crippen molar-refractivity contribution < 1.29 is 14.6 Å². The highest BCUT2D eigenvalue weighted by molar-refractivity contribution is 7.99. The largest absolute Gasteiger partial charge is 0.497 e. The van der Waals surface area contributed by atoms with E-state index < -0.39 is 12.0 Å². The third-order valence-electron chi connectivity index (χ3n) is 7.12. The molecule has 4 rings (SSSR count). The van der Waals surface area contributed by atoms with Crippen LogP contribution in [-0.2, 0) is 10.2 Å². The summed E-state index contributed by atoms with van der Waals surface area (Å²) in [7, 11) is 3.97. The fourth-order valence-electron chi connectivity index (χ4n) is 5.81. The maximum atomic E-state index is 11.2. The second-order valence-electron chi connectivity index (χ2n) is 8.38. The number of nitrogens with two attached hydrogens (primary N) is 1. The molecule has 2 unspecified atom stereocenters. The standard InChI is InChI=1S/C21H30N2O3S/c1-23-10-9-21-8-4-3-5-15(21)18(23)19(27-12-17(22)20(24)25)14-7-6-13(26-2)11-16(14)21/h6-7,11,15,17-19H,3-5,8-10,12,22H2,1-2H3,(H,24,25)/t15-,17?,18-,19?,21+/m1/s1. The molecule has 0 amide bonds. The molecule has 1 saturated carbocycles. The quantitative estimate of drug-likeness (QED) is 0.805. The van der Waals surface area contributed by atoms with E-state index in [0.717, 1.165) is 12.3 Å². The minimum Gasteiger partial charge on any atom is -0.497 e. The summed E-state index contributed by atoms with van der Waals surface area (Å²) in [5.74, 6) is 1.08. The van der Waals surface area contributed by atoms with Gasteiger partial charge in [-0.15, -0.1) is 11.8 Å². The summed E-state index contributed by atoms with van der Waals surface area (Å²) in [5, 5.41) is 9.49. The van der Waals surface area contributed by atoms with Crippen LogP contribution in [0.25, 0.3) is 0 Å². The number of rotatable bonds is 5. The van der Waals surface area contributed by atoms with Crippen molar-refractivity contribution in [2.75, 3.05) is 26.5 Å². The molecule has 3 N–H and O–H groups in total. The van der Waals surface area contributed by atoms with Crippen LogP contribution >= 0.6 is 11.8 Å². The van der Waals surface area contributed by atoms with E-state index in [4.69, 9.17) is 10.5 Å². The number of aliphatic carboxylic acids is 1. The Morgan fingerprint density at radius 2 is 2.26 bits per heavy atom. The smallest absolute Gasteiger partial charge is 0.321 e. The molecule has 5 nitrogen and oxygen atoms in total. The highest BCUT2D eigenvalue weighted by Gasteiger charge is 2.56. The van der Waals surface area contributed by atoms with Gasteiger partial charge in [-0.1, -0.05) is 18.9 Å². The number of carbonyl (C=O) groups is 1. The number of methoxy groups -OCH3 is 1. The van der Waals surface area contributed by atoms with Crippen LogP contribution in [0.1, 0.15) is 48.5 Å². The van der Waals surface area contributed by atoms with Crippen molar-refractivity contribution in [1.82, 2.24) is 4.90 Å². The van der Waals surface area contributed by atoms with Gasteiger partial charge in [0.1, 0.15) is 11.8 Å². The molecule has 5 atom stereocenters. The minimum atomic E-state index is -0.919. The van der Waals surface area contributed by atoms with Crippen molar-refractivity contribution in [3.8, 4) is 5.75 Å². The van der Waals surface area contributed by atoms with Gasteiger partial charge in [0, 0.05) is 22.5 Å². The number of piperidine rings is 1. The van der Waals surface area contributed by atoms with Crippen molar-refractivity contribution in [1.29, 1.82) is 0 Å². The number of hydrogen-bond acceptors (Lipinski definition) is 5. The van der Waals surface area contributed by atoms with Gasteiger partial charge in [-0.3, -0.25) is 4.79 Å². The van der Waals surface area contributed by atoms with Crippen LogP contribution in [0.2, 0.25) is 0 Å². The third-order valence-corrected chi connectivity index (χ3v) is 8.56. The predicted molar refractivity (Wildman–Crippen MR) is 108 cm³/mol. The first kappa shape index (κ1) is 19.1. The van der Waals surface area contributed by atoms with Crippen LogP contribution in [0.3, 0.4) is 0 Å². The molecule has 148 valence electrons. The highest BCUT2D eigenvalue weighted by atomic mass is 32.2. The summed E-state index contributed by atoms with van der Waals surface area (Å²) in [5.41, 5.74) is 8.92. The van der Waals surface area contributed by atoms with Gasteiger partial charge >= 0.3 is 5.97 Å². The molecule has 1 saturated heterocycles. The Hall–Kier alpha value is -1.24. The second kappa shape index (κ2) is 7.30. The van der Waals surface area contributed by atoms with E-state index in [1.165, 1.54) is 43.2 Å². The Kier molecular flexibility index (Phi) is 5.16. The maximum Gasteiger partial charge on any atom is 0.321 e. The molecule has 0 aromatic heterocycles. The Morgan fingerprint density at radius 1 is 1.44 bits per heavy atom. The van der Waals surface area contributed by atoms with Crippen LogP contribution in [0.4, 0.5) is 0 Å². The van der Waals surface area contributed by atoms with Gasteiger partial charge in [0.2, 0.25) is 0 Å². The Morgan fingerprint density at radius 3 is 3.00 bits per heavy atom. The zero-order valence-corrected chi connectivity index (χ0v) is 17.0. The van der Waals surface area contributed by atoms with Crippen molar-refractivity contribution in [2.24, 2.45) is 11.7 Å². The number of benzene rings is 1. The van der Waals surface area contributed by atoms with Gasteiger partial charge in [-0.25, -0.2) is 0 Å². The van der Waals surface area contributed by atoms with Crippen LogP contribution < -0.4 is 10.5 Å². The molecule has 1 aromatic rings. The van der Waals surface area contributed by atoms with Crippen molar-refractivity contribution in [2.45, 2.75) is 54.9 Å². The molecule has 1 aliphatic heterocycles. The SMILES string of the molecule is COc1ccc2c(c1)[C@]13CCCC[C@@H]1[C@H](C2SCC(N)C(=O)O)N(C)CC3. The summed E-state index contributed by atoms with van der Waals surface area (Å²) in [6, 6.07) is 6.17. The molecule has 0 radical (unpaired) electrons. The monoisotopic (exact) mass is 390 g/mol. The molecular weight excluding hydrogens is 360 g/mol. The number of hydrogen-bond donors (Lipinski definition) is 2. The number of thioether (sulfide) groups is 1. The topological polar surface area (TPSA) is 75.8 Å². The lowest BCUT2D eigenvalue weighted by Gasteiger charge is -2.60.